The normalized spacial score (nSPS) is 23.3. The molecule has 0 spiro atoms. The van der Waals surface area contributed by atoms with E-state index >= 15 is 0 Å². The molecule has 0 aromatic carbocycles. The second-order valence-electron chi connectivity index (χ2n) is 6.25. The van der Waals surface area contributed by atoms with Crippen LogP contribution in [0, 0.1) is 0 Å². The minimum atomic E-state index is -3.02. The number of nitrogens with zero attached hydrogens (tertiary/aromatic N) is 3. The van der Waals surface area contributed by atoms with E-state index in [-0.39, 0.29) is 23.5 Å². The van der Waals surface area contributed by atoms with Crippen LogP contribution >= 0.6 is 0 Å². The summed E-state index contributed by atoms with van der Waals surface area (Å²) in [4.78, 5) is 22.7. The topological polar surface area (TPSA) is 114 Å². The molecular formula is C15H23N5O4S. The highest BCUT2D eigenvalue weighted by Gasteiger charge is 2.29. The lowest BCUT2D eigenvalue weighted by molar-refractivity contribution is 0.0398. The molecule has 1 amide bonds. The summed E-state index contributed by atoms with van der Waals surface area (Å²) in [6.45, 7) is 4.98. The molecule has 9 nitrogen and oxygen atoms in total. The second kappa shape index (κ2) is 8.07. The molecule has 1 atom stereocenters. The molecule has 2 N–H and O–H groups in total. The third-order valence-corrected chi connectivity index (χ3v) is 6.06. The largest absolute Gasteiger partial charge is 0.379 e. The van der Waals surface area contributed by atoms with Gasteiger partial charge in [-0.1, -0.05) is 0 Å². The van der Waals surface area contributed by atoms with Crippen molar-refractivity contribution in [3.8, 4) is 0 Å². The molecule has 0 saturated carbocycles. The summed E-state index contributed by atoms with van der Waals surface area (Å²) in [7, 11) is -3.02. The Balaban J connectivity index is 1.44. The molecule has 3 rings (SSSR count). The summed E-state index contributed by atoms with van der Waals surface area (Å²) >= 11 is 0. The van der Waals surface area contributed by atoms with Crippen molar-refractivity contribution in [1.29, 1.82) is 0 Å². The molecule has 2 aliphatic rings. The van der Waals surface area contributed by atoms with Gasteiger partial charge < -0.3 is 15.4 Å². The van der Waals surface area contributed by atoms with E-state index in [4.69, 9.17) is 4.74 Å². The third kappa shape index (κ3) is 5.35. The van der Waals surface area contributed by atoms with E-state index in [1.165, 1.54) is 12.4 Å². The van der Waals surface area contributed by atoms with Crippen LogP contribution in [0.5, 0.6) is 0 Å². The number of ether oxygens (including phenoxy) is 1. The maximum absolute atomic E-state index is 12.1. The highest BCUT2D eigenvalue weighted by atomic mass is 32.2. The molecule has 0 radical (unpaired) electrons. The van der Waals surface area contributed by atoms with Gasteiger partial charge in [0.1, 0.15) is 0 Å². The SMILES string of the molecule is O=C(NC1CCS(=O)(=O)C1)c1cnc(NCCN2CCOCC2)nc1. The van der Waals surface area contributed by atoms with Gasteiger partial charge in [-0.05, 0) is 6.42 Å². The zero-order chi connectivity index (χ0) is 17.7. The van der Waals surface area contributed by atoms with Crippen molar-refractivity contribution in [1.82, 2.24) is 20.2 Å². The number of anilines is 1. The van der Waals surface area contributed by atoms with Gasteiger partial charge in [-0.3, -0.25) is 9.69 Å². The summed E-state index contributed by atoms with van der Waals surface area (Å²) in [5.41, 5.74) is 0.322. The average Bonchev–Trinajstić information content (AvgIpc) is 2.95. The Labute approximate surface area is 147 Å². The number of hydrogen-bond acceptors (Lipinski definition) is 8. The number of sulfone groups is 1. The highest BCUT2D eigenvalue weighted by molar-refractivity contribution is 7.91. The van der Waals surface area contributed by atoms with Crippen molar-refractivity contribution in [2.45, 2.75) is 12.5 Å². The Morgan fingerprint density at radius 1 is 1.28 bits per heavy atom. The Kier molecular flexibility index (Phi) is 5.82. The van der Waals surface area contributed by atoms with Crippen LogP contribution in [0.4, 0.5) is 5.95 Å². The van der Waals surface area contributed by atoms with Crippen molar-refractivity contribution in [3.63, 3.8) is 0 Å². The van der Waals surface area contributed by atoms with Crippen molar-refractivity contribution in [3.05, 3.63) is 18.0 Å². The Bertz CT molecular complexity index is 688. The molecule has 0 bridgehead atoms. The quantitative estimate of drug-likeness (QED) is 0.666. The van der Waals surface area contributed by atoms with E-state index in [1.54, 1.807) is 0 Å². The summed E-state index contributed by atoms with van der Waals surface area (Å²) in [5, 5.41) is 5.85. The van der Waals surface area contributed by atoms with Gasteiger partial charge in [-0.15, -0.1) is 0 Å². The molecule has 0 aliphatic carbocycles. The zero-order valence-corrected chi connectivity index (χ0v) is 14.8. The maximum Gasteiger partial charge on any atom is 0.254 e. The molecular weight excluding hydrogens is 346 g/mol. The first kappa shape index (κ1) is 18.0. The first-order valence-corrected chi connectivity index (χ1v) is 10.2. The zero-order valence-electron chi connectivity index (χ0n) is 14.0. The van der Waals surface area contributed by atoms with Gasteiger partial charge in [-0.2, -0.15) is 0 Å². The van der Waals surface area contributed by atoms with Gasteiger partial charge >= 0.3 is 0 Å². The first-order valence-electron chi connectivity index (χ1n) is 8.39. The Morgan fingerprint density at radius 2 is 2.00 bits per heavy atom. The van der Waals surface area contributed by atoms with Gasteiger partial charge in [0, 0.05) is 44.6 Å². The molecule has 2 saturated heterocycles. The minimum absolute atomic E-state index is 0.000770. The predicted molar refractivity (Wildman–Crippen MR) is 92.3 cm³/mol. The van der Waals surface area contributed by atoms with Crippen LogP contribution in [0.15, 0.2) is 12.4 Å². The molecule has 3 heterocycles. The van der Waals surface area contributed by atoms with Crippen molar-refractivity contribution in [2.75, 3.05) is 56.2 Å². The summed E-state index contributed by atoms with van der Waals surface area (Å²) in [5.74, 6) is 0.247. The van der Waals surface area contributed by atoms with E-state index in [0.29, 0.717) is 24.5 Å². The molecule has 138 valence electrons. The molecule has 10 heteroatoms. The monoisotopic (exact) mass is 369 g/mol. The van der Waals surface area contributed by atoms with Crippen LogP contribution in [0.25, 0.3) is 0 Å². The summed E-state index contributed by atoms with van der Waals surface area (Å²) in [6.07, 6.45) is 3.35. The van der Waals surface area contributed by atoms with Crippen LogP contribution in [0.2, 0.25) is 0 Å². The number of nitrogens with one attached hydrogen (secondary N) is 2. The van der Waals surface area contributed by atoms with Crippen LogP contribution in [-0.4, -0.2) is 86.1 Å². The fourth-order valence-electron chi connectivity index (χ4n) is 2.86. The van der Waals surface area contributed by atoms with Gasteiger partial charge in [0.25, 0.3) is 5.91 Å². The number of aromatic nitrogens is 2. The summed E-state index contributed by atoms with van der Waals surface area (Å²) < 4.78 is 28.1. The van der Waals surface area contributed by atoms with E-state index in [0.717, 1.165) is 32.8 Å². The fourth-order valence-corrected chi connectivity index (χ4v) is 4.54. The smallest absolute Gasteiger partial charge is 0.254 e. The molecule has 2 aliphatic heterocycles. The lowest BCUT2D eigenvalue weighted by atomic mass is 10.2. The lowest BCUT2D eigenvalue weighted by Crippen LogP contribution is -2.39. The number of rotatable bonds is 6. The van der Waals surface area contributed by atoms with Crippen molar-refractivity contribution in [2.24, 2.45) is 0 Å². The predicted octanol–water partition coefficient (Wildman–Crippen LogP) is -0.862. The standard InChI is InChI=1S/C15H23N5O4S/c21-14(19-13-1-8-25(22,23)11-13)12-9-17-15(18-10-12)16-2-3-20-4-6-24-7-5-20/h9-10,13H,1-8,11H2,(H,19,21)(H,16,17,18). The molecule has 1 unspecified atom stereocenters. The van der Waals surface area contributed by atoms with E-state index in [2.05, 4.69) is 25.5 Å². The van der Waals surface area contributed by atoms with E-state index < -0.39 is 9.84 Å². The second-order valence-corrected chi connectivity index (χ2v) is 8.48. The number of carbonyl (C=O) groups excluding carboxylic acids is 1. The average molecular weight is 369 g/mol. The fraction of sp³-hybridized carbons (Fsp3) is 0.667. The number of carbonyl (C=O) groups is 1. The molecule has 1 aromatic heterocycles. The van der Waals surface area contributed by atoms with Crippen LogP contribution < -0.4 is 10.6 Å². The van der Waals surface area contributed by atoms with E-state index in [1.807, 2.05) is 0 Å². The number of hydrogen-bond donors (Lipinski definition) is 2. The number of morpholine rings is 1. The van der Waals surface area contributed by atoms with Crippen molar-refractivity contribution < 1.29 is 17.9 Å². The van der Waals surface area contributed by atoms with Crippen LogP contribution in [-0.2, 0) is 14.6 Å². The third-order valence-electron chi connectivity index (χ3n) is 4.30. The first-order chi connectivity index (χ1) is 12.0. The van der Waals surface area contributed by atoms with E-state index in [9.17, 15) is 13.2 Å². The van der Waals surface area contributed by atoms with Gasteiger partial charge in [0.15, 0.2) is 9.84 Å². The summed E-state index contributed by atoms with van der Waals surface area (Å²) in [6, 6.07) is -0.330. The van der Waals surface area contributed by atoms with Gasteiger partial charge in [-0.25, -0.2) is 18.4 Å². The maximum atomic E-state index is 12.1. The van der Waals surface area contributed by atoms with Crippen LogP contribution in [0.3, 0.4) is 0 Å². The molecule has 1 aromatic rings. The highest BCUT2D eigenvalue weighted by Crippen LogP contribution is 2.12. The van der Waals surface area contributed by atoms with Gasteiger partial charge in [0.2, 0.25) is 5.95 Å². The van der Waals surface area contributed by atoms with Gasteiger partial charge in [0.05, 0.1) is 30.3 Å². The van der Waals surface area contributed by atoms with Crippen molar-refractivity contribution >= 4 is 21.7 Å². The molecule has 25 heavy (non-hydrogen) atoms. The Hall–Kier alpha value is -1.78. The number of amides is 1. The lowest BCUT2D eigenvalue weighted by Gasteiger charge is -2.26. The Morgan fingerprint density at radius 3 is 2.64 bits per heavy atom. The minimum Gasteiger partial charge on any atom is -0.379 e. The molecule has 2 fully saturated rings. The van der Waals surface area contributed by atoms with Crippen LogP contribution in [0.1, 0.15) is 16.8 Å².